The average Bonchev–Trinajstić information content (AvgIpc) is 3.12. The normalized spacial score (nSPS) is 28.0. The van der Waals surface area contributed by atoms with Gasteiger partial charge in [0.15, 0.2) is 0 Å². The number of carbonyl (C=O) groups is 1. The number of ether oxygens (including phenoxy) is 1. The summed E-state index contributed by atoms with van der Waals surface area (Å²) in [5.74, 6) is 0. The third kappa shape index (κ3) is 3.85. The van der Waals surface area contributed by atoms with E-state index in [-0.39, 0.29) is 6.09 Å². The van der Waals surface area contributed by atoms with Gasteiger partial charge in [-0.2, -0.15) is 0 Å². The fraction of sp³-hybridized carbons (Fsp3) is 0.933. The first-order chi connectivity index (χ1) is 8.92. The lowest BCUT2D eigenvalue weighted by molar-refractivity contribution is 0.00563. The largest absolute Gasteiger partial charge is 0.444 e. The van der Waals surface area contributed by atoms with Crippen LogP contribution in [0, 0.1) is 0 Å². The first kappa shape index (κ1) is 14.6. The third-order valence-corrected chi connectivity index (χ3v) is 4.00. The van der Waals surface area contributed by atoms with Gasteiger partial charge in [0.1, 0.15) is 5.60 Å². The Morgan fingerprint density at radius 3 is 2.32 bits per heavy atom. The quantitative estimate of drug-likeness (QED) is 0.855. The minimum Gasteiger partial charge on any atom is -0.444 e. The molecule has 1 amide bonds. The molecule has 0 heterocycles. The summed E-state index contributed by atoms with van der Waals surface area (Å²) in [6.07, 6.45) is 6.87. The highest BCUT2D eigenvalue weighted by molar-refractivity contribution is 5.69. The molecule has 0 aliphatic heterocycles. The van der Waals surface area contributed by atoms with Crippen LogP contribution >= 0.6 is 0 Å². The number of nitrogens with one attached hydrogen (secondary N) is 1. The Morgan fingerprint density at radius 2 is 1.79 bits per heavy atom. The van der Waals surface area contributed by atoms with Crippen LogP contribution in [0.1, 0.15) is 59.3 Å². The lowest BCUT2D eigenvalue weighted by atomic mass is 9.89. The lowest BCUT2D eigenvalue weighted by Gasteiger charge is -2.40. The Bertz CT molecular complexity index is 321. The minimum absolute atomic E-state index is 0.123. The van der Waals surface area contributed by atoms with Crippen LogP contribution in [0.2, 0.25) is 0 Å². The fourth-order valence-electron chi connectivity index (χ4n) is 3.00. The van der Waals surface area contributed by atoms with Gasteiger partial charge in [0.25, 0.3) is 0 Å². The Morgan fingerprint density at radius 1 is 1.16 bits per heavy atom. The van der Waals surface area contributed by atoms with Crippen LogP contribution in [0.4, 0.5) is 4.79 Å². The maximum atomic E-state index is 12.5. The minimum atomic E-state index is -0.409. The summed E-state index contributed by atoms with van der Waals surface area (Å²) < 4.78 is 5.61. The first-order valence-electron chi connectivity index (χ1n) is 7.61. The van der Waals surface area contributed by atoms with Gasteiger partial charge < -0.3 is 15.0 Å². The van der Waals surface area contributed by atoms with E-state index in [0.717, 1.165) is 25.7 Å². The second kappa shape index (κ2) is 5.70. The molecule has 2 atom stereocenters. The number of likely N-dealkylation sites (N-methyl/N-ethyl adjacent to an activating group) is 1. The second-order valence-electron chi connectivity index (χ2n) is 6.87. The van der Waals surface area contributed by atoms with E-state index in [4.69, 9.17) is 4.74 Å². The van der Waals surface area contributed by atoms with Crippen molar-refractivity contribution in [3.05, 3.63) is 0 Å². The van der Waals surface area contributed by atoms with Crippen molar-refractivity contribution in [2.24, 2.45) is 0 Å². The number of rotatable bonds is 3. The van der Waals surface area contributed by atoms with Gasteiger partial charge in [-0.25, -0.2) is 4.79 Å². The van der Waals surface area contributed by atoms with E-state index in [1.807, 2.05) is 32.7 Å². The molecule has 0 bridgehead atoms. The van der Waals surface area contributed by atoms with E-state index in [9.17, 15) is 4.79 Å². The molecule has 0 saturated heterocycles. The summed E-state index contributed by atoms with van der Waals surface area (Å²) in [5, 5.41) is 3.39. The van der Waals surface area contributed by atoms with Crippen molar-refractivity contribution in [2.45, 2.75) is 83.0 Å². The molecule has 2 aliphatic carbocycles. The summed E-state index contributed by atoms with van der Waals surface area (Å²) in [4.78, 5) is 14.5. The molecule has 0 unspecified atom stereocenters. The fourth-order valence-corrected chi connectivity index (χ4v) is 3.00. The highest BCUT2D eigenvalue weighted by atomic mass is 16.6. The van der Waals surface area contributed by atoms with Crippen molar-refractivity contribution in [3.63, 3.8) is 0 Å². The molecular formula is C15H28N2O2. The second-order valence-corrected chi connectivity index (χ2v) is 6.87. The number of carbonyl (C=O) groups excluding carboxylic acids is 1. The smallest absolute Gasteiger partial charge is 0.410 e. The van der Waals surface area contributed by atoms with Crippen molar-refractivity contribution in [3.8, 4) is 0 Å². The zero-order valence-electron chi connectivity index (χ0n) is 12.7. The van der Waals surface area contributed by atoms with E-state index in [2.05, 4.69) is 5.32 Å². The Kier molecular flexibility index (Phi) is 4.39. The maximum Gasteiger partial charge on any atom is 0.410 e. The van der Waals surface area contributed by atoms with E-state index in [1.165, 1.54) is 12.8 Å². The van der Waals surface area contributed by atoms with Crippen LogP contribution in [0.5, 0.6) is 0 Å². The predicted octanol–water partition coefficient (Wildman–Crippen LogP) is 2.92. The summed E-state index contributed by atoms with van der Waals surface area (Å²) in [5.41, 5.74) is -0.409. The molecule has 2 saturated carbocycles. The Labute approximate surface area is 116 Å². The number of nitrogens with zero attached hydrogens (tertiary/aromatic N) is 1. The molecule has 2 rings (SSSR count). The highest BCUT2D eigenvalue weighted by Crippen LogP contribution is 2.35. The van der Waals surface area contributed by atoms with E-state index >= 15 is 0 Å². The molecule has 0 aromatic carbocycles. The van der Waals surface area contributed by atoms with Crippen LogP contribution in [0.15, 0.2) is 0 Å². The predicted molar refractivity (Wildman–Crippen MR) is 76.2 cm³/mol. The van der Waals surface area contributed by atoms with Crippen molar-refractivity contribution < 1.29 is 9.53 Å². The molecule has 4 nitrogen and oxygen atoms in total. The number of hydrogen-bond acceptors (Lipinski definition) is 3. The molecule has 0 radical (unpaired) electrons. The molecule has 4 heteroatoms. The van der Waals surface area contributed by atoms with Gasteiger partial charge in [0.2, 0.25) is 0 Å². The summed E-state index contributed by atoms with van der Waals surface area (Å²) in [6, 6.07) is 1.14. The van der Waals surface area contributed by atoms with Crippen molar-refractivity contribution >= 4 is 6.09 Å². The first-order valence-corrected chi connectivity index (χ1v) is 7.61. The lowest BCUT2D eigenvalue weighted by Crippen LogP contribution is -2.54. The van der Waals surface area contributed by atoms with E-state index in [0.29, 0.717) is 18.1 Å². The molecule has 0 aromatic heterocycles. The van der Waals surface area contributed by atoms with Crippen LogP contribution in [-0.2, 0) is 4.74 Å². The summed E-state index contributed by atoms with van der Waals surface area (Å²) >= 11 is 0. The van der Waals surface area contributed by atoms with Gasteiger partial charge in [-0.3, -0.25) is 0 Å². The molecule has 0 spiro atoms. The van der Waals surface area contributed by atoms with Gasteiger partial charge in [0.05, 0.1) is 6.04 Å². The number of hydrogen-bond donors (Lipinski definition) is 1. The van der Waals surface area contributed by atoms with Gasteiger partial charge in [-0.05, 0) is 53.5 Å². The third-order valence-electron chi connectivity index (χ3n) is 4.00. The maximum absolute atomic E-state index is 12.5. The van der Waals surface area contributed by atoms with Crippen molar-refractivity contribution in [1.29, 1.82) is 0 Å². The summed E-state index contributed by atoms with van der Waals surface area (Å²) in [6.45, 7) is 5.81. The van der Waals surface area contributed by atoms with Crippen molar-refractivity contribution in [2.75, 3.05) is 7.05 Å². The molecule has 110 valence electrons. The van der Waals surface area contributed by atoms with E-state index < -0.39 is 5.60 Å². The molecule has 2 aliphatic rings. The zero-order chi connectivity index (χ0) is 14.0. The Balaban J connectivity index is 2.08. The molecule has 19 heavy (non-hydrogen) atoms. The van der Waals surface area contributed by atoms with Crippen LogP contribution in [-0.4, -0.2) is 41.8 Å². The van der Waals surface area contributed by atoms with Gasteiger partial charge >= 0.3 is 6.09 Å². The molecule has 1 N–H and O–H groups in total. The SMILES string of the molecule is CN[C@H]1CCCC[C@H]1N(C(=O)OC(C)(C)C)C1CC1. The standard InChI is InChI=1S/C15H28N2O2/c1-15(2,3)19-14(18)17(11-9-10-11)13-8-6-5-7-12(13)16-4/h11-13,16H,5-10H2,1-4H3/t12-,13+/m0/s1. The van der Waals surface area contributed by atoms with Gasteiger partial charge in [-0.15, -0.1) is 0 Å². The molecular weight excluding hydrogens is 240 g/mol. The van der Waals surface area contributed by atoms with Crippen molar-refractivity contribution in [1.82, 2.24) is 10.2 Å². The van der Waals surface area contributed by atoms with Gasteiger partial charge in [-0.1, -0.05) is 12.8 Å². The monoisotopic (exact) mass is 268 g/mol. The zero-order valence-corrected chi connectivity index (χ0v) is 12.7. The van der Waals surface area contributed by atoms with Crippen LogP contribution < -0.4 is 5.32 Å². The molecule has 2 fully saturated rings. The van der Waals surface area contributed by atoms with Gasteiger partial charge in [0, 0.05) is 12.1 Å². The number of amides is 1. The average molecular weight is 268 g/mol. The Hall–Kier alpha value is -0.770. The highest BCUT2D eigenvalue weighted by Gasteiger charge is 2.42. The van der Waals surface area contributed by atoms with Crippen LogP contribution in [0.3, 0.4) is 0 Å². The van der Waals surface area contributed by atoms with Crippen LogP contribution in [0.25, 0.3) is 0 Å². The van der Waals surface area contributed by atoms with E-state index in [1.54, 1.807) is 0 Å². The topological polar surface area (TPSA) is 41.6 Å². The summed E-state index contributed by atoms with van der Waals surface area (Å²) in [7, 11) is 2.00. The molecule has 0 aromatic rings.